The third-order valence-electron chi connectivity index (χ3n) is 6.90. The second-order valence-corrected chi connectivity index (χ2v) is 9.30. The van der Waals surface area contributed by atoms with Gasteiger partial charge in [0.05, 0.1) is 36.4 Å². The summed E-state index contributed by atoms with van der Waals surface area (Å²) >= 11 is 0. The molecule has 3 saturated heterocycles. The number of pyridine rings is 1. The highest BCUT2D eigenvalue weighted by atomic mass is 16.5. The standard InChI is InChI=1S/C24H27N7O2/c1-15-6-7-26-24(28-15)29-17-2-4-19(5-3-17)33-22-8-18(30-13-20-9-21(14-30)32-20)12-31-23(22)16(10-25)11-27-31/h6-8,11-12,17,19-21H,2-5,9,13-14H2,1H3,(H,26,28,29). The first kappa shape index (κ1) is 20.2. The summed E-state index contributed by atoms with van der Waals surface area (Å²) in [6.07, 6.45) is 11.1. The number of hydrogen-bond donors (Lipinski definition) is 1. The van der Waals surface area contributed by atoms with Crippen LogP contribution in [0.15, 0.2) is 30.7 Å². The van der Waals surface area contributed by atoms with Crippen LogP contribution in [0.3, 0.4) is 0 Å². The second-order valence-electron chi connectivity index (χ2n) is 9.30. The van der Waals surface area contributed by atoms with Crippen molar-refractivity contribution >= 4 is 17.2 Å². The van der Waals surface area contributed by atoms with Gasteiger partial charge in [0.2, 0.25) is 5.95 Å². The van der Waals surface area contributed by atoms with Crippen LogP contribution in [0.4, 0.5) is 11.6 Å². The molecule has 0 radical (unpaired) electrons. The molecule has 3 aromatic rings. The van der Waals surface area contributed by atoms with Gasteiger partial charge in [0, 0.05) is 43.5 Å². The Bertz CT molecular complexity index is 1200. The zero-order chi connectivity index (χ0) is 22.4. The third-order valence-corrected chi connectivity index (χ3v) is 6.90. The molecule has 2 atom stereocenters. The Labute approximate surface area is 192 Å². The fourth-order valence-corrected chi connectivity index (χ4v) is 5.19. The molecule has 170 valence electrons. The van der Waals surface area contributed by atoms with Crippen molar-refractivity contribution in [1.82, 2.24) is 19.6 Å². The highest BCUT2D eigenvalue weighted by molar-refractivity contribution is 5.72. The summed E-state index contributed by atoms with van der Waals surface area (Å²) in [6.45, 7) is 3.73. The SMILES string of the molecule is Cc1ccnc(NC2CCC(Oc3cc(N4CC5CC(C4)O5)cn4ncc(C#N)c34)CC2)n1. The lowest BCUT2D eigenvalue weighted by Gasteiger charge is -2.48. The number of aromatic nitrogens is 4. The summed E-state index contributed by atoms with van der Waals surface area (Å²) in [5.74, 6) is 1.43. The maximum absolute atomic E-state index is 9.60. The number of hydrogen-bond acceptors (Lipinski definition) is 8. The molecule has 1 saturated carbocycles. The van der Waals surface area contributed by atoms with E-state index in [1.54, 1.807) is 16.9 Å². The largest absolute Gasteiger partial charge is 0.488 e. The van der Waals surface area contributed by atoms with Crippen LogP contribution in [-0.4, -0.2) is 57.0 Å². The minimum atomic E-state index is 0.0973. The van der Waals surface area contributed by atoms with Gasteiger partial charge >= 0.3 is 0 Å². The van der Waals surface area contributed by atoms with Gasteiger partial charge in [-0.1, -0.05) is 0 Å². The van der Waals surface area contributed by atoms with Gasteiger partial charge in [-0.2, -0.15) is 10.4 Å². The molecule has 2 bridgehead atoms. The molecule has 6 heterocycles. The molecule has 3 aliphatic heterocycles. The lowest BCUT2D eigenvalue weighted by Crippen LogP contribution is -2.57. The molecule has 7 rings (SSSR count). The summed E-state index contributed by atoms with van der Waals surface area (Å²) in [7, 11) is 0. The Morgan fingerprint density at radius 3 is 2.73 bits per heavy atom. The Morgan fingerprint density at radius 1 is 1.21 bits per heavy atom. The van der Waals surface area contributed by atoms with Crippen LogP contribution in [0.25, 0.3) is 5.52 Å². The van der Waals surface area contributed by atoms with Crippen molar-refractivity contribution < 1.29 is 9.47 Å². The molecule has 33 heavy (non-hydrogen) atoms. The van der Waals surface area contributed by atoms with Crippen molar-refractivity contribution in [1.29, 1.82) is 5.26 Å². The van der Waals surface area contributed by atoms with Gasteiger partial charge in [0.25, 0.3) is 0 Å². The van der Waals surface area contributed by atoms with Crippen LogP contribution in [0.1, 0.15) is 43.4 Å². The molecule has 3 aromatic heterocycles. The van der Waals surface area contributed by atoms with Gasteiger partial charge < -0.3 is 19.7 Å². The van der Waals surface area contributed by atoms with Crippen molar-refractivity contribution in [2.75, 3.05) is 23.3 Å². The van der Waals surface area contributed by atoms with Crippen LogP contribution in [0.5, 0.6) is 5.75 Å². The summed E-state index contributed by atoms with van der Waals surface area (Å²) < 4.78 is 14.1. The minimum Gasteiger partial charge on any atom is -0.488 e. The van der Waals surface area contributed by atoms with Crippen molar-refractivity contribution in [3.05, 3.63) is 42.0 Å². The molecule has 1 aliphatic carbocycles. The molecule has 0 aromatic carbocycles. The minimum absolute atomic E-state index is 0.0973. The summed E-state index contributed by atoms with van der Waals surface area (Å²) in [4.78, 5) is 11.1. The van der Waals surface area contributed by atoms with E-state index in [4.69, 9.17) is 9.47 Å². The highest BCUT2D eigenvalue weighted by Crippen LogP contribution is 2.36. The zero-order valence-electron chi connectivity index (χ0n) is 18.6. The Morgan fingerprint density at radius 2 is 2.00 bits per heavy atom. The summed E-state index contributed by atoms with van der Waals surface area (Å²) in [5, 5.41) is 17.5. The molecule has 1 N–H and O–H groups in total. The predicted molar refractivity (Wildman–Crippen MR) is 122 cm³/mol. The predicted octanol–water partition coefficient (Wildman–Crippen LogP) is 3.08. The number of piperidine rings is 1. The average molecular weight is 446 g/mol. The summed E-state index contributed by atoms with van der Waals surface area (Å²) in [6, 6.07) is 6.57. The number of nitrogens with zero attached hydrogens (tertiary/aromatic N) is 6. The smallest absolute Gasteiger partial charge is 0.223 e. The van der Waals surface area contributed by atoms with Gasteiger partial charge in [-0.05, 0) is 38.7 Å². The van der Waals surface area contributed by atoms with E-state index in [1.807, 2.05) is 19.2 Å². The van der Waals surface area contributed by atoms with E-state index in [0.717, 1.165) is 67.8 Å². The third kappa shape index (κ3) is 3.95. The molecule has 9 nitrogen and oxygen atoms in total. The maximum atomic E-state index is 9.60. The number of ether oxygens (including phenoxy) is 2. The fraction of sp³-hybridized carbons (Fsp3) is 0.500. The number of nitrogens with one attached hydrogen (secondary N) is 1. The summed E-state index contributed by atoms with van der Waals surface area (Å²) in [5.41, 5.74) is 3.30. The van der Waals surface area contributed by atoms with Gasteiger partial charge in [-0.25, -0.2) is 14.5 Å². The van der Waals surface area contributed by atoms with Crippen molar-refractivity contribution in [2.45, 2.75) is 63.4 Å². The normalized spacial score (nSPS) is 26.5. The van der Waals surface area contributed by atoms with E-state index >= 15 is 0 Å². The number of aryl methyl sites for hydroxylation is 1. The lowest BCUT2D eigenvalue weighted by atomic mass is 9.93. The Hall–Kier alpha value is -3.38. The first-order chi connectivity index (χ1) is 16.1. The zero-order valence-corrected chi connectivity index (χ0v) is 18.6. The average Bonchev–Trinajstić information content (AvgIpc) is 3.24. The van der Waals surface area contributed by atoms with Gasteiger partial charge in [-0.15, -0.1) is 0 Å². The second kappa shape index (κ2) is 8.19. The van der Waals surface area contributed by atoms with Crippen LogP contribution in [0.2, 0.25) is 0 Å². The van der Waals surface area contributed by atoms with E-state index in [-0.39, 0.29) is 6.10 Å². The van der Waals surface area contributed by atoms with Crippen LogP contribution in [0, 0.1) is 18.3 Å². The van der Waals surface area contributed by atoms with E-state index in [2.05, 4.69) is 37.4 Å². The van der Waals surface area contributed by atoms with E-state index < -0.39 is 0 Å². The van der Waals surface area contributed by atoms with Gasteiger partial charge in [0.15, 0.2) is 0 Å². The van der Waals surface area contributed by atoms with E-state index in [0.29, 0.717) is 29.8 Å². The van der Waals surface area contributed by atoms with Gasteiger partial charge in [0.1, 0.15) is 22.9 Å². The van der Waals surface area contributed by atoms with Crippen LogP contribution < -0.4 is 15.0 Å². The van der Waals surface area contributed by atoms with Crippen molar-refractivity contribution in [3.63, 3.8) is 0 Å². The van der Waals surface area contributed by atoms with Crippen LogP contribution in [-0.2, 0) is 4.74 Å². The Kier molecular flexibility index (Phi) is 5.03. The fourth-order valence-electron chi connectivity index (χ4n) is 5.19. The maximum Gasteiger partial charge on any atom is 0.223 e. The topological polar surface area (TPSA) is 101 Å². The molecule has 4 fully saturated rings. The molecule has 9 heteroatoms. The molecule has 0 amide bonds. The number of nitriles is 1. The molecule has 0 spiro atoms. The van der Waals surface area contributed by atoms with E-state index in [1.165, 1.54) is 0 Å². The van der Waals surface area contributed by atoms with Gasteiger partial charge in [-0.3, -0.25) is 0 Å². The first-order valence-corrected chi connectivity index (χ1v) is 11.7. The Balaban J connectivity index is 1.18. The number of rotatable bonds is 5. The van der Waals surface area contributed by atoms with Crippen molar-refractivity contribution in [3.8, 4) is 11.8 Å². The first-order valence-electron chi connectivity index (χ1n) is 11.7. The van der Waals surface area contributed by atoms with Crippen LogP contribution >= 0.6 is 0 Å². The quantitative estimate of drug-likeness (QED) is 0.639. The van der Waals surface area contributed by atoms with E-state index in [9.17, 15) is 5.26 Å². The number of fused-ring (bicyclic) bond motifs is 3. The van der Waals surface area contributed by atoms with Crippen molar-refractivity contribution in [2.24, 2.45) is 0 Å². The highest BCUT2D eigenvalue weighted by Gasteiger charge is 2.38. The monoisotopic (exact) mass is 445 g/mol. The molecular formula is C24H27N7O2. The number of anilines is 2. The molecular weight excluding hydrogens is 418 g/mol. The molecule has 2 unspecified atom stereocenters. The number of morpholine rings is 1. The lowest BCUT2D eigenvalue weighted by molar-refractivity contribution is -0.133. The molecule has 4 aliphatic rings.